The predicted molar refractivity (Wildman–Crippen MR) is 42.8 cm³/mol. The SMILES string of the molecule is CCC(CCN)NCCO. The zero-order valence-electron chi connectivity index (χ0n) is 6.64. The molecule has 0 aliphatic rings. The first kappa shape index (κ1) is 9.88. The van der Waals surface area contributed by atoms with Crippen LogP contribution < -0.4 is 11.1 Å². The van der Waals surface area contributed by atoms with Crippen molar-refractivity contribution in [2.45, 2.75) is 25.8 Å². The molecule has 0 aliphatic carbocycles. The van der Waals surface area contributed by atoms with Crippen LogP contribution in [0.3, 0.4) is 0 Å². The van der Waals surface area contributed by atoms with Crippen LogP contribution in [-0.4, -0.2) is 30.8 Å². The van der Waals surface area contributed by atoms with Crippen LogP contribution in [0.4, 0.5) is 0 Å². The van der Waals surface area contributed by atoms with E-state index < -0.39 is 0 Å². The van der Waals surface area contributed by atoms with E-state index >= 15 is 0 Å². The average molecular weight is 146 g/mol. The van der Waals surface area contributed by atoms with Crippen molar-refractivity contribution in [3.63, 3.8) is 0 Å². The lowest BCUT2D eigenvalue weighted by Gasteiger charge is -2.14. The highest BCUT2D eigenvalue weighted by Crippen LogP contribution is 1.93. The van der Waals surface area contributed by atoms with Gasteiger partial charge < -0.3 is 16.2 Å². The number of hydrogen-bond donors (Lipinski definition) is 3. The van der Waals surface area contributed by atoms with Gasteiger partial charge in [-0.25, -0.2) is 0 Å². The number of hydrogen-bond acceptors (Lipinski definition) is 3. The average Bonchev–Trinajstić information content (AvgIpc) is 1.98. The summed E-state index contributed by atoms with van der Waals surface area (Å²) in [7, 11) is 0. The molecule has 0 bridgehead atoms. The Bertz CT molecular complexity index is 68.6. The van der Waals surface area contributed by atoms with Crippen LogP contribution in [0, 0.1) is 0 Å². The van der Waals surface area contributed by atoms with Crippen LogP contribution >= 0.6 is 0 Å². The van der Waals surface area contributed by atoms with E-state index in [1.807, 2.05) is 0 Å². The van der Waals surface area contributed by atoms with E-state index in [2.05, 4.69) is 12.2 Å². The third kappa shape index (κ3) is 4.73. The largest absolute Gasteiger partial charge is 0.395 e. The summed E-state index contributed by atoms with van der Waals surface area (Å²) in [5.41, 5.74) is 5.37. The van der Waals surface area contributed by atoms with Crippen molar-refractivity contribution in [2.24, 2.45) is 5.73 Å². The van der Waals surface area contributed by atoms with Gasteiger partial charge >= 0.3 is 0 Å². The monoisotopic (exact) mass is 146 g/mol. The molecule has 1 unspecified atom stereocenters. The smallest absolute Gasteiger partial charge is 0.0556 e. The van der Waals surface area contributed by atoms with Gasteiger partial charge in [0.1, 0.15) is 0 Å². The van der Waals surface area contributed by atoms with Crippen LogP contribution in [0.25, 0.3) is 0 Å². The van der Waals surface area contributed by atoms with Gasteiger partial charge in [0, 0.05) is 12.6 Å². The number of nitrogens with two attached hydrogens (primary N) is 1. The maximum Gasteiger partial charge on any atom is 0.0556 e. The minimum Gasteiger partial charge on any atom is -0.395 e. The van der Waals surface area contributed by atoms with Crippen LogP contribution in [0.1, 0.15) is 19.8 Å². The zero-order chi connectivity index (χ0) is 7.82. The number of aliphatic hydroxyl groups excluding tert-OH is 1. The Hall–Kier alpha value is -0.120. The summed E-state index contributed by atoms with van der Waals surface area (Å²) in [6.07, 6.45) is 2.08. The number of aliphatic hydroxyl groups is 1. The number of rotatable bonds is 6. The van der Waals surface area contributed by atoms with Crippen molar-refractivity contribution in [3.05, 3.63) is 0 Å². The Morgan fingerprint density at radius 1 is 1.60 bits per heavy atom. The fourth-order valence-corrected chi connectivity index (χ4v) is 0.920. The molecule has 62 valence electrons. The zero-order valence-corrected chi connectivity index (χ0v) is 6.64. The van der Waals surface area contributed by atoms with Crippen LogP contribution in [0.15, 0.2) is 0 Å². The molecule has 0 heterocycles. The second kappa shape index (κ2) is 6.99. The molecule has 0 fully saturated rings. The van der Waals surface area contributed by atoms with Crippen molar-refractivity contribution < 1.29 is 5.11 Å². The first-order valence-corrected chi connectivity index (χ1v) is 3.89. The van der Waals surface area contributed by atoms with Crippen molar-refractivity contribution in [2.75, 3.05) is 19.7 Å². The van der Waals surface area contributed by atoms with E-state index in [0.29, 0.717) is 12.6 Å². The summed E-state index contributed by atoms with van der Waals surface area (Å²) in [4.78, 5) is 0. The van der Waals surface area contributed by atoms with Crippen molar-refractivity contribution >= 4 is 0 Å². The summed E-state index contributed by atoms with van der Waals surface area (Å²) in [6, 6.07) is 0.483. The molecule has 0 radical (unpaired) electrons. The molecule has 0 aromatic rings. The molecule has 0 aromatic carbocycles. The van der Waals surface area contributed by atoms with E-state index in [1.165, 1.54) is 0 Å². The predicted octanol–water partition coefficient (Wildman–Crippen LogP) is -0.304. The number of nitrogens with one attached hydrogen (secondary N) is 1. The van der Waals surface area contributed by atoms with Gasteiger partial charge in [-0.1, -0.05) is 6.92 Å². The Morgan fingerprint density at radius 2 is 2.30 bits per heavy atom. The van der Waals surface area contributed by atoms with Crippen LogP contribution in [0.2, 0.25) is 0 Å². The quantitative estimate of drug-likeness (QED) is 0.482. The maximum absolute atomic E-state index is 8.49. The normalized spacial score (nSPS) is 13.5. The molecule has 0 saturated carbocycles. The molecule has 4 N–H and O–H groups in total. The van der Waals surface area contributed by atoms with Gasteiger partial charge in [0.15, 0.2) is 0 Å². The fourth-order valence-electron chi connectivity index (χ4n) is 0.920. The van der Waals surface area contributed by atoms with Crippen molar-refractivity contribution in [3.8, 4) is 0 Å². The van der Waals surface area contributed by atoms with Gasteiger partial charge in [-0.15, -0.1) is 0 Å². The topological polar surface area (TPSA) is 58.3 Å². The fraction of sp³-hybridized carbons (Fsp3) is 1.00. The minimum absolute atomic E-state index is 0.209. The van der Waals surface area contributed by atoms with Gasteiger partial charge in [0.2, 0.25) is 0 Å². The highest BCUT2D eigenvalue weighted by atomic mass is 16.3. The molecular formula is C7H18N2O. The standard InChI is InChI=1S/C7H18N2O/c1-2-7(3-4-8)9-5-6-10/h7,9-10H,2-6,8H2,1H3. The van der Waals surface area contributed by atoms with Gasteiger partial charge in [-0.2, -0.15) is 0 Å². The van der Waals surface area contributed by atoms with Gasteiger partial charge in [-0.05, 0) is 19.4 Å². The molecule has 10 heavy (non-hydrogen) atoms. The van der Waals surface area contributed by atoms with Gasteiger partial charge in [-0.3, -0.25) is 0 Å². The van der Waals surface area contributed by atoms with E-state index in [9.17, 15) is 0 Å². The molecule has 3 heteroatoms. The third-order valence-electron chi connectivity index (χ3n) is 1.55. The van der Waals surface area contributed by atoms with Crippen LogP contribution in [0.5, 0.6) is 0 Å². The Morgan fingerprint density at radius 3 is 2.70 bits per heavy atom. The second-order valence-electron chi connectivity index (χ2n) is 2.36. The van der Waals surface area contributed by atoms with E-state index in [1.54, 1.807) is 0 Å². The van der Waals surface area contributed by atoms with Gasteiger partial charge in [0.25, 0.3) is 0 Å². The van der Waals surface area contributed by atoms with Crippen molar-refractivity contribution in [1.29, 1.82) is 0 Å². The molecule has 0 rings (SSSR count). The molecule has 0 saturated heterocycles. The molecule has 3 nitrogen and oxygen atoms in total. The van der Waals surface area contributed by atoms with Crippen molar-refractivity contribution in [1.82, 2.24) is 5.32 Å². The highest BCUT2D eigenvalue weighted by molar-refractivity contribution is 4.64. The van der Waals surface area contributed by atoms with E-state index in [4.69, 9.17) is 10.8 Å². The summed E-state index contributed by atoms with van der Waals surface area (Å²) in [5, 5.41) is 11.7. The molecule has 0 spiro atoms. The lowest BCUT2D eigenvalue weighted by Crippen LogP contribution is -2.32. The summed E-state index contributed by atoms with van der Waals surface area (Å²) in [5.74, 6) is 0. The third-order valence-corrected chi connectivity index (χ3v) is 1.55. The molecular weight excluding hydrogens is 128 g/mol. The summed E-state index contributed by atoms with van der Waals surface area (Å²) < 4.78 is 0. The highest BCUT2D eigenvalue weighted by Gasteiger charge is 2.01. The Balaban J connectivity index is 3.21. The van der Waals surface area contributed by atoms with E-state index in [-0.39, 0.29) is 6.61 Å². The second-order valence-corrected chi connectivity index (χ2v) is 2.36. The summed E-state index contributed by atoms with van der Waals surface area (Å²) in [6.45, 7) is 3.72. The molecule has 0 aromatic heterocycles. The molecule has 1 atom stereocenters. The molecule has 0 amide bonds. The van der Waals surface area contributed by atoms with E-state index in [0.717, 1.165) is 19.4 Å². The lowest BCUT2D eigenvalue weighted by molar-refractivity contribution is 0.281. The lowest BCUT2D eigenvalue weighted by atomic mass is 10.1. The Labute approximate surface area is 62.6 Å². The Kier molecular flexibility index (Phi) is 6.91. The molecule has 0 aliphatic heterocycles. The van der Waals surface area contributed by atoms with Gasteiger partial charge in [0.05, 0.1) is 6.61 Å². The maximum atomic E-state index is 8.49. The van der Waals surface area contributed by atoms with Crippen LogP contribution in [-0.2, 0) is 0 Å². The first-order chi connectivity index (χ1) is 4.85. The summed E-state index contributed by atoms with van der Waals surface area (Å²) >= 11 is 0. The first-order valence-electron chi connectivity index (χ1n) is 3.89. The minimum atomic E-state index is 0.209.